The molecule has 6 heteroatoms. The minimum absolute atomic E-state index is 0.238. The minimum Gasteiger partial charge on any atom is -0.374 e. The second kappa shape index (κ2) is 6.75. The third-order valence-corrected chi connectivity index (χ3v) is 2.26. The summed E-state index contributed by atoms with van der Waals surface area (Å²) in [6.07, 6.45) is -0.734. The normalized spacial score (nSPS) is 10.8. The Hall–Kier alpha value is -0.750. The highest BCUT2D eigenvalue weighted by atomic mass is 79.9. The fraction of sp³-hybridized carbons (Fsp3) is 0.500. The van der Waals surface area contributed by atoms with Crippen LogP contribution in [0, 0.1) is 6.92 Å². The second-order valence-electron chi connectivity index (χ2n) is 3.21. The van der Waals surface area contributed by atoms with Gasteiger partial charge in [-0.05, 0) is 34.5 Å². The number of aromatic nitrogens is 1. The van der Waals surface area contributed by atoms with Crippen molar-refractivity contribution in [2.24, 2.45) is 0 Å². The molecule has 0 aliphatic heterocycles. The number of aryl methyl sites for hydroxylation is 1. The zero-order chi connectivity index (χ0) is 12.0. The number of halogens is 3. The van der Waals surface area contributed by atoms with Crippen LogP contribution >= 0.6 is 15.9 Å². The number of hydrogen-bond donors (Lipinski definition) is 1. The highest BCUT2D eigenvalue weighted by molar-refractivity contribution is 9.10. The van der Waals surface area contributed by atoms with Crippen LogP contribution in [0.1, 0.15) is 5.56 Å². The molecule has 3 nitrogen and oxygen atoms in total. The Labute approximate surface area is 101 Å². The molecular weight excluding hydrogens is 282 g/mol. The van der Waals surface area contributed by atoms with Gasteiger partial charge in [-0.3, -0.25) is 0 Å². The van der Waals surface area contributed by atoms with Gasteiger partial charge in [0.1, 0.15) is 12.4 Å². The Bertz CT molecular complexity index is 337. The molecule has 0 unspecified atom stereocenters. The van der Waals surface area contributed by atoms with E-state index < -0.39 is 13.0 Å². The number of rotatable bonds is 6. The maximum Gasteiger partial charge on any atom is 0.261 e. The molecule has 0 radical (unpaired) electrons. The summed E-state index contributed by atoms with van der Waals surface area (Å²) in [7, 11) is 0. The number of hydrogen-bond acceptors (Lipinski definition) is 3. The minimum atomic E-state index is -2.41. The average Bonchev–Trinajstić information content (AvgIpc) is 2.20. The van der Waals surface area contributed by atoms with Crippen molar-refractivity contribution >= 4 is 21.7 Å². The first-order valence-electron chi connectivity index (χ1n) is 4.81. The lowest BCUT2D eigenvalue weighted by atomic mass is 10.3. The summed E-state index contributed by atoms with van der Waals surface area (Å²) in [5.74, 6) is 0.740. The first kappa shape index (κ1) is 13.3. The number of alkyl halides is 2. The van der Waals surface area contributed by atoms with Gasteiger partial charge in [0.2, 0.25) is 0 Å². The molecule has 0 atom stereocenters. The summed E-state index contributed by atoms with van der Waals surface area (Å²) in [4.78, 5) is 4.15. The molecule has 1 N–H and O–H groups in total. The van der Waals surface area contributed by atoms with Crippen LogP contribution in [0.15, 0.2) is 16.7 Å². The van der Waals surface area contributed by atoms with Gasteiger partial charge in [-0.15, -0.1) is 0 Å². The molecule has 0 aliphatic rings. The van der Waals surface area contributed by atoms with Gasteiger partial charge in [-0.2, -0.15) is 0 Å². The highest BCUT2D eigenvalue weighted by Crippen LogP contribution is 2.16. The Balaban J connectivity index is 2.27. The lowest BCUT2D eigenvalue weighted by Gasteiger charge is -2.08. The Morgan fingerprint density at radius 2 is 2.31 bits per heavy atom. The molecule has 0 bridgehead atoms. The van der Waals surface area contributed by atoms with E-state index in [1.165, 1.54) is 0 Å². The number of nitrogens with zero attached hydrogens (tertiary/aromatic N) is 1. The molecule has 0 fully saturated rings. The smallest absolute Gasteiger partial charge is 0.261 e. The Morgan fingerprint density at radius 3 is 2.94 bits per heavy atom. The van der Waals surface area contributed by atoms with Crippen molar-refractivity contribution in [3.8, 4) is 0 Å². The highest BCUT2D eigenvalue weighted by Gasteiger charge is 2.02. The number of nitrogens with one attached hydrogen (secondary N) is 1. The monoisotopic (exact) mass is 294 g/mol. The first-order valence-corrected chi connectivity index (χ1v) is 5.61. The molecule has 1 heterocycles. The molecule has 1 aromatic rings. The summed E-state index contributed by atoms with van der Waals surface area (Å²) in [5, 5.41) is 3.01. The van der Waals surface area contributed by atoms with E-state index in [0.717, 1.165) is 15.9 Å². The van der Waals surface area contributed by atoms with Crippen LogP contribution in [-0.4, -0.2) is 31.2 Å². The maximum atomic E-state index is 11.7. The summed E-state index contributed by atoms with van der Waals surface area (Å²) >= 11 is 3.31. The van der Waals surface area contributed by atoms with Crippen LogP contribution in [0.5, 0.6) is 0 Å². The van der Waals surface area contributed by atoms with Gasteiger partial charge in [-0.25, -0.2) is 13.8 Å². The van der Waals surface area contributed by atoms with Gasteiger partial charge < -0.3 is 10.1 Å². The van der Waals surface area contributed by atoms with E-state index in [4.69, 9.17) is 4.74 Å². The van der Waals surface area contributed by atoms with E-state index in [1.54, 1.807) is 6.20 Å². The zero-order valence-corrected chi connectivity index (χ0v) is 10.4. The van der Waals surface area contributed by atoms with E-state index in [0.29, 0.717) is 6.54 Å². The molecule has 0 saturated heterocycles. The molecular formula is C10H13BrF2N2O. The van der Waals surface area contributed by atoms with Gasteiger partial charge >= 0.3 is 0 Å². The number of ether oxygens (including phenoxy) is 1. The summed E-state index contributed by atoms with van der Waals surface area (Å²) in [6, 6.07) is 1.93. The molecule has 0 amide bonds. The first-order chi connectivity index (χ1) is 7.59. The van der Waals surface area contributed by atoms with Crippen LogP contribution < -0.4 is 5.32 Å². The molecule has 1 aromatic heterocycles. The van der Waals surface area contributed by atoms with Crippen molar-refractivity contribution in [1.29, 1.82) is 0 Å². The third kappa shape index (κ3) is 4.85. The Morgan fingerprint density at radius 1 is 1.56 bits per heavy atom. The van der Waals surface area contributed by atoms with Crippen LogP contribution in [-0.2, 0) is 4.74 Å². The largest absolute Gasteiger partial charge is 0.374 e. The van der Waals surface area contributed by atoms with Crippen LogP contribution in [0.25, 0.3) is 0 Å². The molecule has 0 saturated carbocycles. The fourth-order valence-electron chi connectivity index (χ4n) is 1.14. The summed E-state index contributed by atoms with van der Waals surface area (Å²) in [6.45, 7) is 2.10. The summed E-state index contributed by atoms with van der Waals surface area (Å²) in [5.41, 5.74) is 0.989. The third-order valence-electron chi connectivity index (χ3n) is 1.83. The van der Waals surface area contributed by atoms with E-state index in [2.05, 4.69) is 26.2 Å². The standard InChI is InChI=1S/C10H13BrF2N2O/c1-7-4-8(11)5-15-10(7)14-2-3-16-6-9(12)13/h4-5,9H,2-3,6H2,1H3,(H,14,15). The van der Waals surface area contributed by atoms with E-state index in [9.17, 15) is 8.78 Å². The number of anilines is 1. The van der Waals surface area contributed by atoms with Gasteiger partial charge in [0.05, 0.1) is 6.61 Å². The quantitative estimate of drug-likeness (QED) is 0.819. The van der Waals surface area contributed by atoms with E-state index >= 15 is 0 Å². The van der Waals surface area contributed by atoms with Crippen LogP contribution in [0.2, 0.25) is 0 Å². The van der Waals surface area contributed by atoms with Crippen LogP contribution in [0.3, 0.4) is 0 Å². The summed E-state index contributed by atoms with van der Waals surface area (Å²) < 4.78 is 29.1. The molecule has 0 spiro atoms. The predicted molar refractivity (Wildman–Crippen MR) is 62.0 cm³/mol. The van der Waals surface area contributed by atoms with Gasteiger partial charge in [0.25, 0.3) is 6.43 Å². The molecule has 90 valence electrons. The molecule has 16 heavy (non-hydrogen) atoms. The van der Waals surface area contributed by atoms with Crippen LogP contribution in [0.4, 0.5) is 14.6 Å². The fourth-order valence-corrected chi connectivity index (χ4v) is 1.59. The van der Waals surface area contributed by atoms with Gasteiger partial charge in [0.15, 0.2) is 0 Å². The van der Waals surface area contributed by atoms with Crippen molar-refractivity contribution in [2.75, 3.05) is 25.1 Å². The Kier molecular flexibility index (Phi) is 5.62. The maximum absolute atomic E-state index is 11.7. The lowest BCUT2D eigenvalue weighted by Crippen LogP contribution is -2.14. The van der Waals surface area contributed by atoms with Crippen molar-refractivity contribution < 1.29 is 13.5 Å². The SMILES string of the molecule is Cc1cc(Br)cnc1NCCOCC(F)F. The van der Waals surface area contributed by atoms with E-state index in [-0.39, 0.29) is 6.61 Å². The van der Waals surface area contributed by atoms with Crippen molar-refractivity contribution in [3.63, 3.8) is 0 Å². The molecule has 1 rings (SSSR count). The average molecular weight is 295 g/mol. The molecule has 0 aliphatic carbocycles. The topological polar surface area (TPSA) is 34.2 Å². The van der Waals surface area contributed by atoms with Crippen molar-refractivity contribution in [2.45, 2.75) is 13.3 Å². The van der Waals surface area contributed by atoms with Crippen molar-refractivity contribution in [1.82, 2.24) is 4.98 Å². The predicted octanol–water partition coefficient (Wildman–Crippen LogP) is 2.85. The zero-order valence-electron chi connectivity index (χ0n) is 8.84. The van der Waals surface area contributed by atoms with Crippen molar-refractivity contribution in [3.05, 3.63) is 22.3 Å². The molecule has 0 aromatic carbocycles. The van der Waals surface area contributed by atoms with Gasteiger partial charge in [0, 0.05) is 17.2 Å². The lowest BCUT2D eigenvalue weighted by molar-refractivity contribution is 0.0214. The van der Waals surface area contributed by atoms with Gasteiger partial charge in [-0.1, -0.05) is 0 Å². The second-order valence-corrected chi connectivity index (χ2v) is 4.13. The van der Waals surface area contributed by atoms with E-state index in [1.807, 2.05) is 13.0 Å². The number of pyridine rings is 1.